The van der Waals surface area contributed by atoms with Crippen molar-refractivity contribution < 1.29 is 13.9 Å². The van der Waals surface area contributed by atoms with E-state index in [1.54, 1.807) is 12.1 Å². The van der Waals surface area contributed by atoms with Crippen LogP contribution in [-0.4, -0.2) is 68.3 Å². The predicted octanol–water partition coefficient (Wildman–Crippen LogP) is 1.66. The van der Waals surface area contributed by atoms with Gasteiger partial charge in [0.1, 0.15) is 5.82 Å². The van der Waals surface area contributed by atoms with Crippen molar-refractivity contribution in [3.8, 4) is 0 Å². The fourth-order valence-electron chi connectivity index (χ4n) is 3.23. The summed E-state index contributed by atoms with van der Waals surface area (Å²) in [5, 5.41) is 2.99. The Hall–Kier alpha value is -1.66. The monoisotopic (exact) mass is 321 g/mol. The molecule has 6 heteroatoms. The standard InChI is InChI=1S/C17H24FN3O2/c18-16-3-1-2-14(12-16)15-4-6-21(13-15)17(22)19-5-7-20-8-10-23-11-9-20/h1-3,12,15H,4-11,13H2,(H,19,22)/t15-/m1/s1. The van der Waals surface area contributed by atoms with Gasteiger partial charge in [-0.15, -0.1) is 0 Å². The lowest BCUT2D eigenvalue weighted by Gasteiger charge is -2.27. The lowest BCUT2D eigenvalue weighted by molar-refractivity contribution is 0.0386. The molecule has 23 heavy (non-hydrogen) atoms. The van der Waals surface area contributed by atoms with Crippen molar-refractivity contribution in [3.63, 3.8) is 0 Å². The zero-order valence-electron chi connectivity index (χ0n) is 13.3. The number of rotatable bonds is 4. The smallest absolute Gasteiger partial charge is 0.317 e. The van der Waals surface area contributed by atoms with E-state index in [0.717, 1.165) is 51.4 Å². The molecule has 1 aromatic rings. The molecule has 2 saturated heterocycles. The molecule has 2 aliphatic rings. The first kappa shape index (κ1) is 16.2. The molecule has 0 aromatic heterocycles. The Balaban J connectivity index is 1.42. The van der Waals surface area contributed by atoms with E-state index in [9.17, 15) is 9.18 Å². The van der Waals surface area contributed by atoms with Gasteiger partial charge in [-0.2, -0.15) is 0 Å². The van der Waals surface area contributed by atoms with Crippen LogP contribution in [0, 0.1) is 5.82 Å². The summed E-state index contributed by atoms with van der Waals surface area (Å²) in [6.07, 6.45) is 0.889. The number of morpholine rings is 1. The minimum absolute atomic E-state index is 0.0165. The van der Waals surface area contributed by atoms with E-state index >= 15 is 0 Å². The van der Waals surface area contributed by atoms with Crippen LogP contribution in [0.25, 0.3) is 0 Å². The highest BCUT2D eigenvalue weighted by Crippen LogP contribution is 2.27. The third-order valence-corrected chi connectivity index (χ3v) is 4.60. The average Bonchev–Trinajstić information content (AvgIpc) is 3.06. The second-order valence-electron chi connectivity index (χ2n) is 6.17. The second-order valence-corrected chi connectivity index (χ2v) is 6.17. The molecular formula is C17H24FN3O2. The maximum atomic E-state index is 13.3. The third-order valence-electron chi connectivity index (χ3n) is 4.60. The summed E-state index contributed by atoms with van der Waals surface area (Å²) >= 11 is 0. The fourth-order valence-corrected chi connectivity index (χ4v) is 3.23. The lowest BCUT2D eigenvalue weighted by atomic mass is 9.98. The number of ether oxygens (including phenoxy) is 1. The third kappa shape index (κ3) is 4.42. The number of urea groups is 1. The van der Waals surface area contributed by atoms with Crippen molar-refractivity contribution in [2.24, 2.45) is 0 Å². The lowest BCUT2D eigenvalue weighted by Crippen LogP contribution is -2.44. The largest absolute Gasteiger partial charge is 0.379 e. The van der Waals surface area contributed by atoms with E-state index in [-0.39, 0.29) is 17.8 Å². The summed E-state index contributed by atoms with van der Waals surface area (Å²) in [6.45, 7) is 6.31. The SMILES string of the molecule is O=C(NCCN1CCOCC1)N1CC[C@@H](c2cccc(F)c2)C1. The summed E-state index contributed by atoms with van der Waals surface area (Å²) in [7, 11) is 0. The van der Waals surface area contributed by atoms with Crippen LogP contribution in [0.4, 0.5) is 9.18 Å². The Morgan fingerprint density at radius 3 is 2.91 bits per heavy atom. The summed E-state index contributed by atoms with van der Waals surface area (Å²) in [5.74, 6) is 0.0200. The van der Waals surface area contributed by atoms with Gasteiger partial charge in [-0.25, -0.2) is 9.18 Å². The molecule has 1 atom stereocenters. The van der Waals surface area contributed by atoms with Gasteiger partial charge < -0.3 is 15.0 Å². The maximum Gasteiger partial charge on any atom is 0.317 e. The topological polar surface area (TPSA) is 44.8 Å². The molecule has 2 fully saturated rings. The van der Waals surface area contributed by atoms with E-state index in [0.29, 0.717) is 13.1 Å². The van der Waals surface area contributed by atoms with E-state index in [4.69, 9.17) is 4.74 Å². The first-order chi connectivity index (χ1) is 11.2. The zero-order valence-corrected chi connectivity index (χ0v) is 13.3. The number of likely N-dealkylation sites (tertiary alicyclic amines) is 1. The number of halogens is 1. The highest BCUT2D eigenvalue weighted by atomic mass is 19.1. The van der Waals surface area contributed by atoms with E-state index in [2.05, 4.69) is 10.2 Å². The molecule has 0 saturated carbocycles. The van der Waals surface area contributed by atoms with E-state index < -0.39 is 0 Å². The van der Waals surface area contributed by atoms with Gasteiger partial charge in [0.05, 0.1) is 13.2 Å². The van der Waals surface area contributed by atoms with Gasteiger partial charge in [0, 0.05) is 45.2 Å². The van der Waals surface area contributed by atoms with Gasteiger partial charge >= 0.3 is 6.03 Å². The summed E-state index contributed by atoms with van der Waals surface area (Å²) in [4.78, 5) is 16.4. The van der Waals surface area contributed by atoms with Crippen molar-refractivity contribution in [2.45, 2.75) is 12.3 Å². The Morgan fingerprint density at radius 1 is 1.30 bits per heavy atom. The number of benzene rings is 1. The van der Waals surface area contributed by atoms with E-state index in [1.807, 2.05) is 11.0 Å². The minimum Gasteiger partial charge on any atom is -0.379 e. The normalized spacial score (nSPS) is 22.3. The quantitative estimate of drug-likeness (QED) is 0.917. The van der Waals surface area contributed by atoms with Gasteiger partial charge in [-0.05, 0) is 24.1 Å². The molecule has 0 radical (unpaired) electrons. The molecule has 5 nitrogen and oxygen atoms in total. The van der Waals surface area contributed by atoms with Crippen LogP contribution in [0.3, 0.4) is 0 Å². The number of carbonyl (C=O) groups excluding carboxylic acids is 1. The number of hydrogen-bond donors (Lipinski definition) is 1. The van der Waals surface area contributed by atoms with Crippen molar-refractivity contribution in [1.82, 2.24) is 15.1 Å². The number of nitrogens with zero attached hydrogens (tertiary/aromatic N) is 2. The van der Waals surface area contributed by atoms with Crippen LogP contribution in [-0.2, 0) is 4.74 Å². The molecule has 2 aliphatic heterocycles. The molecule has 0 aliphatic carbocycles. The van der Waals surface area contributed by atoms with Crippen molar-refractivity contribution in [1.29, 1.82) is 0 Å². The van der Waals surface area contributed by atoms with Crippen LogP contribution in [0.2, 0.25) is 0 Å². The minimum atomic E-state index is -0.212. The Labute approximate surface area is 136 Å². The van der Waals surface area contributed by atoms with Gasteiger partial charge in [-0.3, -0.25) is 4.90 Å². The maximum absolute atomic E-state index is 13.3. The average molecular weight is 321 g/mol. The molecule has 0 bridgehead atoms. The second kappa shape index (κ2) is 7.75. The Kier molecular flexibility index (Phi) is 5.46. The van der Waals surface area contributed by atoms with E-state index in [1.165, 1.54) is 6.07 Å². The van der Waals surface area contributed by atoms with Gasteiger partial charge in [0.2, 0.25) is 0 Å². The number of amides is 2. The summed E-state index contributed by atoms with van der Waals surface area (Å²) in [5.41, 5.74) is 0.980. The highest BCUT2D eigenvalue weighted by Gasteiger charge is 2.27. The molecule has 2 amide bonds. The molecule has 1 aromatic carbocycles. The van der Waals surface area contributed by atoms with Crippen molar-refractivity contribution in [2.75, 3.05) is 52.5 Å². The Bertz CT molecular complexity index is 534. The van der Waals surface area contributed by atoms with Crippen LogP contribution in [0.1, 0.15) is 17.9 Å². The number of carbonyl (C=O) groups is 1. The van der Waals surface area contributed by atoms with Gasteiger partial charge in [0.15, 0.2) is 0 Å². The van der Waals surface area contributed by atoms with Crippen LogP contribution < -0.4 is 5.32 Å². The van der Waals surface area contributed by atoms with Gasteiger partial charge in [0.25, 0.3) is 0 Å². The summed E-state index contributed by atoms with van der Waals surface area (Å²) in [6, 6.07) is 6.68. The summed E-state index contributed by atoms with van der Waals surface area (Å²) < 4.78 is 18.6. The van der Waals surface area contributed by atoms with Crippen LogP contribution in [0.5, 0.6) is 0 Å². The number of hydrogen-bond acceptors (Lipinski definition) is 3. The van der Waals surface area contributed by atoms with Crippen molar-refractivity contribution >= 4 is 6.03 Å². The molecule has 0 unspecified atom stereocenters. The zero-order chi connectivity index (χ0) is 16.1. The van der Waals surface area contributed by atoms with Gasteiger partial charge in [-0.1, -0.05) is 12.1 Å². The molecular weight excluding hydrogens is 297 g/mol. The first-order valence-corrected chi connectivity index (χ1v) is 8.31. The molecule has 3 rings (SSSR count). The van der Waals surface area contributed by atoms with Crippen LogP contribution >= 0.6 is 0 Å². The predicted molar refractivity (Wildman–Crippen MR) is 86.0 cm³/mol. The fraction of sp³-hybridized carbons (Fsp3) is 0.588. The highest BCUT2D eigenvalue weighted by molar-refractivity contribution is 5.74. The van der Waals surface area contributed by atoms with Crippen LogP contribution in [0.15, 0.2) is 24.3 Å². The molecule has 126 valence electrons. The Morgan fingerprint density at radius 2 is 2.13 bits per heavy atom. The van der Waals surface area contributed by atoms with Crippen molar-refractivity contribution in [3.05, 3.63) is 35.6 Å². The number of nitrogens with one attached hydrogen (secondary N) is 1. The molecule has 1 N–H and O–H groups in total. The first-order valence-electron chi connectivity index (χ1n) is 8.31. The molecule has 2 heterocycles. The molecule has 0 spiro atoms.